The summed E-state index contributed by atoms with van der Waals surface area (Å²) in [4.78, 5) is 0. The van der Waals surface area contributed by atoms with Crippen molar-refractivity contribution in [2.24, 2.45) is 0 Å². The number of rotatable bonds is 3. The van der Waals surface area contributed by atoms with Gasteiger partial charge in [0, 0.05) is 6.54 Å². The lowest BCUT2D eigenvalue weighted by atomic mass is 10.1. The predicted molar refractivity (Wildman–Crippen MR) is 54.7 cm³/mol. The summed E-state index contributed by atoms with van der Waals surface area (Å²) in [6, 6.07) is 2.05. The normalized spacial score (nSPS) is 10.1. The molecule has 6 heteroatoms. The Kier molecular flexibility index (Phi) is 4.02. The summed E-state index contributed by atoms with van der Waals surface area (Å²) in [5.41, 5.74) is 0.0657. The molecular weight excluding hydrogens is 225 g/mol. The van der Waals surface area contributed by atoms with Gasteiger partial charge in [0.05, 0.1) is 0 Å². The Morgan fingerprint density at radius 3 is 2.53 bits per heavy atom. The topological polar surface area (TPSA) is 35.9 Å². The molecule has 0 radical (unpaired) electrons. The average Bonchev–Trinajstić information content (AvgIpc) is 2.18. The Bertz CT molecular complexity index is 382. The monoisotopic (exact) mass is 234 g/mol. The molecule has 1 aromatic rings. The number of halogens is 3. The molecule has 1 aromatic carbocycles. The van der Waals surface area contributed by atoms with Gasteiger partial charge in [0.2, 0.25) is 0 Å². The van der Waals surface area contributed by atoms with Crippen molar-refractivity contribution in [2.45, 2.75) is 6.42 Å². The maximum atomic E-state index is 13.1. The largest absolute Gasteiger partial charge is 0.365 e. The lowest BCUT2D eigenvalue weighted by molar-refractivity contribution is 0.441. The van der Waals surface area contributed by atoms with E-state index < -0.39 is 17.5 Å². The number of benzene rings is 1. The number of hydrogen-bond donors (Lipinski definition) is 3. The van der Waals surface area contributed by atoms with Crippen LogP contribution in [-0.4, -0.2) is 11.7 Å². The maximum Gasteiger partial charge on any atom is 0.194 e. The fraction of sp³-hybridized carbons (Fsp3) is 0.222. The summed E-state index contributed by atoms with van der Waals surface area (Å²) < 4.78 is 38.4. The van der Waals surface area contributed by atoms with E-state index in [1.807, 2.05) is 0 Å². The van der Waals surface area contributed by atoms with E-state index in [1.54, 1.807) is 0 Å². The highest BCUT2D eigenvalue weighted by molar-refractivity contribution is 7.96. The minimum Gasteiger partial charge on any atom is -0.365 e. The Labute approximate surface area is 90.4 Å². The minimum atomic E-state index is -1.46. The van der Waals surface area contributed by atoms with E-state index >= 15 is 0 Å². The zero-order valence-electron chi connectivity index (χ0n) is 7.65. The first-order chi connectivity index (χ1) is 7.02. The standard InChI is InChI=1S/C9H9F3N2S/c10-6-2-1-5(7(11)8(6)12)3-4-14-9(13)15/h1-2H,3-4H2,(H3,13,14,15). The molecule has 0 saturated carbocycles. The molecule has 2 N–H and O–H groups in total. The molecule has 0 aliphatic heterocycles. The van der Waals surface area contributed by atoms with Crippen LogP contribution in [0, 0.1) is 22.9 Å². The predicted octanol–water partition coefficient (Wildman–Crippen LogP) is 2.10. The van der Waals surface area contributed by atoms with E-state index in [4.69, 9.17) is 5.41 Å². The lowest BCUT2D eigenvalue weighted by Crippen LogP contribution is -2.20. The molecule has 82 valence electrons. The molecule has 1 rings (SSSR count). The number of thiol groups is 1. The van der Waals surface area contributed by atoms with E-state index in [0.717, 1.165) is 6.07 Å². The first-order valence-corrected chi connectivity index (χ1v) is 4.61. The van der Waals surface area contributed by atoms with Gasteiger partial charge in [0.1, 0.15) is 0 Å². The van der Waals surface area contributed by atoms with Crippen LogP contribution in [0.1, 0.15) is 5.56 Å². The molecule has 0 aliphatic rings. The van der Waals surface area contributed by atoms with Gasteiger partial charge in [-0.2, -0.15) is 0 Å². The van der Waals surface area contributed by atoms with E-state index in [0.29, 0.717) is 0 Å². The number of amidine groups is 1. The molecule has 2 nitrogen and oxygen atoms in total. The summed E-state index contributed by atoms with van der Waals surface area (Å²) in [5.74, 6) is -3.85. The van der Waals surface area contributed by atoms with Crippen LogP contribution in [0.2, 0.25) is 0 Å². The third-order valence-electron chi connectivity index (χ3n) is 1.80. The van der Waals surface area contributed by atoms with E-state index in [-0.39, 0.29) is 23.7 Å². The highest BCUT2D eigenvalue weighted by Crippen LogP contribution is 2.15. The number of nitrogens with one attached hydrogen (secondary N) is 2. The van der Waals surface area contributed by atoms with Crippen molar-refractivity contribution in [1.29, 1.82) is 5.41 Å². The molecule has 0 heterocycles. The molecule has 0 saturated heterocycles. The Balaban J connectivity index is 2.70. The van der Waals surface area contributed by atoms with Crippen LogP contribution in [0.25, 0.3) is 0 Å². The minimum absolute atomic E-state index is 0.0574. The van der Waals surface area contributed by atoms with Crippen molar-refractivity contribution in [3.05, 3.63) is 35.1 Å². The van der Waals surface area contributed by atoms with Gasteiger partial charge in [0.25, 0.3) is 0 Å². The molecule has 0 unspecified atom stereocenters. The van der Waals surface area contributed by atoms with E-state index in [2.05, 4.69) is 17.9 Å². The van der Waals surface area contributed by atoms with Crippen LogP contribution in [0.5, 0.6) is 0 Å². The number of hydrogen-bond acceptors (Lipinski definition) is 1. The second-order valence-electron chi connectivity index (χ2n) is 2.86. The second-order valence-corrected chi connectivity index (χ2v) is 3.31. The van der Waals surface area contributed by atoms with Crippen molar-refractivity contribution in [3.63, 3.8) is 0 Å². The quantitative estimate of drug-likeness (QED) is 0.318. The molecule has 15 heavy (non-hydrogen) atoms. The fourth-order valence-electron chi connectivity index (χ4n) is 1.07. The summed E-state index contributed by atoms with van der Waals surface area (Å²) in [7, 11) is 0. The SMILES string of the molecule is N=C(S)NCCc1ccc(F)c(F)c1F. The van der Waals surface area contributed by atoms with Gasteiger partial charge >= 0.3 is 0 Å². The molecular formula is C9H9F3N2S. The van der Waals surface area contributed by atoms with Crippen LogP contribution in [0.15, 0.2) is 12.1 Å². The molecule has 0 amide bonds. The summed E-state index contributed by atoms with van der Waals surface area (Å²) >= 11 is 3.65. The first kappa shape index (κ1) is 11.9. The van der Waals surface area contributed by atoms with Crippen LogP contribution in [0.4, 0.5) is 13.2 Å². The van der Waals surface area contributed by atoms with Crippen molar-refractivity contribution in [3.8, 4) is 0 Å². The summed E-state index contributed by atoms with van der Waals surface area (Å²) in [6.45, 7) is 0.240. The molecule has 0 atom stereocenters. The summed E-state index contributed by atoms with van der Waals surface area (Å²) in [6.07, 6.45) is 0.159. The first-order valence-electron chi connectivity index (χ1n) is 4.16. The van der Waals surface area contributed by atoms with Crippen LogP contribution < -0.4 is 5.32 Å². The molecule has 0 aliphatic carbocycles. The Morgan fingerprint density at radius 2 is 1.93 bits per heavy atom. The highest BCUT2D eigenvalue weighted by Gasteiger charge is 2.12. The van der Waals surface area contributed by atoms with Crippen molar-refractivity contribution in [1.82, 2.24) is 5.32 Å². The van der Waals surface area contributed by atoms with Gasteiger partial charge in [0.15, 0.2) is 22.6 Å². The van der Waals surface area contributed by atoms with E-state index in [1.165, 1.54) is 6.07 Å². The van der Waals surface area contributed by atoms with Crippen molar-refractivity contribution < 1.29 is 13.2 Å². The Morgan fingerprint density at radius 1 is 1.27 bits per heavy atom. The van der Waals surface area contributed by atoms with Gasteiger partial charge in [-0.05, 0) is 18.1 Å². The smallest absolute Gasteiger partial charge is 0.194 e. The van der Waals surface area contributed by atoms with Gasteiger partial charge in [-0.3, -0.25) is 5.41 Å². The highest BCUT2D eigenvalue weighted by atomic mass is 32.1. The summed E-state index contributed by atoms with van der Waals surface area (Å²) in [5, 5.41) is 9.38. The molecule has 0 aromatic heterocycles. The zero-order valence-corrected chi connectivity index (χ0v) is 8.54. The van der Waals surface area contributed by atoms with Crippen molar-refractivity contribution in [2.75, 3.05) is 6.54 Å². The van der Waals surface area contributed by atoms with Gasteiger partial charge in [-0.15, -0.1) is 12.6 Å². The lowest BCUT2D eigenvalue weighted by Gasteiger charge is -2.05. The molecule has 0 fully saturated rings. The van der Waals surface area contributed by atoms with Gasteiger partial charge in [-0.1, -0.05) is 6.07 Å². The molecule has 0 bridgehead atoms. The third-order valence-corrected chi connectivity index (χ3v) is 1.96. The third kappa shape index (κ3) is 3.16. The van der Waals surface area contributed by atoms with E-state index in [9.17, 15) is 13.2 Å². The average molecular weight is 234 g/mol. The van der Waals surface area contributed by atoms with Gasteiger partial charge in [-0.25, -0.2) is 13.2 Å². The van der Waals surface area contributed by atoms with Crippen LogP contribution >= 0.6 is 12.6 Å². The van der Waals surface area contributed by atoms with Crippen molar-refractivity contribution >= 4 is 17.8 Å². The molecule has 0 spiro atoms. The maximum absolute atomic E-state index is 13.1. The van der Waals surface area contributed by atoms with Gasteiger partial charge < -0.3 is 5.32 Å². The van der Waals surface area contributed by atoms with Crippen LogP contribution in [-0.2, 0) is 6.42 Å². The fourth-order valence-corrected chi connectivity index (χ4v) is 1.19. The second kappa shape index (κ2) is 5.06. The Hall–Kier alpha value is -1.17. The van der Waals surface area contributed by atoms with Crippen LogP contribution in [0.3, 0.4) is 0 Å². The zero-order chi connectivity index (χ0) is 11.4.